The second kappa shape index (κ2) is 5.05. The van der Waals surface area contributed by atoms with E-state index in [4.69, 9.17) is 5.11 Å². The Kier molecular flexibility index (Phi) is 4.21. The average Bonchev–Trinajstić information content (AvgIpc) is 2.15. The number of hydrogen-bond donors (Lipinski definition) is 1. The zero-order chi connectivity index (χ0) is 12.3. The van der Waals surface area contributed by atoms with Gasteiger partial charge in [-0.3, -0.25) is 0 Å². The standard InChI is InChI=1S/C10H10F4OS/c1-6-2-8(11)7(4-15)3-9(6)16-5-10(12,13)14/h2-3,15H,4-5H2,1H3. The summed E-state index contributed by atoms with van der Waals surface area (Å²) in [6.07, 6.45) is -4.26. The van der Waals surface area contributed by atoms with Crippen molar-refractivity contribution < 1.29 is 22.7 Å². The molecule has 0 heterocycles. The lowest BCUT2D eigenvalue weighted by atomic mass is 10.1. The van der Waals surface area contributed by atoms with Crippen molar-refractivity contribution in [3.63, 3.8) is 0 Å². The number of rotatable bonds is 3. The van der Waals surface area contributed by atoms with Crippen molar-refractivity contribution in [2.24, 2.45) is 0 Å². The molecule has 0 aliphatic heterocycles. The van der Waals surface area contributed by atoms with Crippen LogP contribution in [0.25, 0.3) is 0 Å². The SMILES string of the molecule is Cc1cc(F)c(CO)cc1SCC(F)(F)F. The largest absolute Gasteiger partial charge is 0.398 e. The van der Waals surface area contributed by atoms with Gasteiger partial charge in [0.2, 0.25) is 0 Å². The maximum Gasteiger partial charge on any atom is 0.398 e. The predicted molar refractivity (Wildman–Crippen MR) is 53.8 cm³/mol. The van der Waals surface area contributed by atoms with Crippen LogP contribution in [0.2, 0.25) is 0 Å². The number of hydrogen-bond acceptors (Lipinski definition) is 2. The van der Waals surface area contributed by atoms with Crippen LogP contribution in [0.4, 0.5) is 17.6 Å². The summed E-state index contributed by atoms with van der Waals surface area (Å²) < 4.78 is 49.1. The Labute approximate surface area is 94.5 Å². The van der Waals surface area contributed by atoms with E-state index >= 15 is 0 Å². The lowest BCUT2D eigenvalue weighted by Crippen LogP contribution is -2.10. The van der Waals surface area contributed by atoms with Gasteiger partial charge in [-0.2, -0.15) is 13.2 Å². The second-order valence-corrected chi connectivity index (χ2v) is 4.29. The molecule has 0 saturated heterocycles. The molecule has 0 aliphatic rings. The van der Waals surface area contributed by atoms with Gasteiger partial charge in [-0.15, -0.1) is 11.8 Å². The van der Waals surface area contributed by atoms with Gasteiger partial charge in [-0.1, -0.05) is 0 Å². The first kappa shape index (κ1) is 13.3. The molecule has 1 aromatic rings. The van der Waals surface area contributed by atoms with Crippen molar-refractivity contribution >= 4 is 11.8 Å². The Hall–Kier alpha value is -0.750. The van der Waals surface area contributed by atoms with E-state index in [1.54, 1.807) is 0 Å². The monoisotopic (exact) mass is 254 g/mol. The van der Waals surface area contributed by atoms with Gasteiger partial charge in [0, 0.05) is 10.5 Å². The summed E-state index contributed by atoms with van der Waals surface area (Å²) in [7, 11) is 0. The van der Waals surface area contributed by atoms with Crippen molar-refractivity contribution in [3.8, 4) is 0 Å². The smallest absolute Gasteiger partial charge is 0.392 e. The van der Waals surface area contributed by atoms with Crippen molar-refractivity contribution in [3.05, 3.63) is 29.1 Å². The van der Waals surface area contributed by atoms with Gasteiger partial charge in [-0.25, -0.2) is 4.39 Å². The van der Waals surface area contributed by atoms with Gasteiger partial charge in [0.1, 0.15) is 5.82 Å². The Morgan fingerprint density at radius 2 is 1.94 bits per heavy atom. The lowest BCUT2D eigenvalue weighted by Gasteiger charge is -2.10. The number of aliphatic hydroxyl groups is 1. The molecule has 1 nitrogen and oxygen atoms in total. The van der Waals surface area contributed by atoms with E-state index in [-0.39, 0.29) is 5.56 Å². The van der Waals surface area contributed by atoms with Crippen molar-refractivity contribution in [1.29, 1.82) is 0 Å². The summed E-state index contributed by atoms with van der Waals surface area (Å²) in [4.78, 5) is 0.336. The van der Waals surface area contributed by atoms with Crippen molar-refractivity contribution in [2.75, 3.05) is 5.75 Å². The number of benzene rings is 1. The zero-order valence-electron chi connectivity index (χ0n) is 8.44. The normalized spacial score (nSPS) is 11.9. The first-order valence-electron chi connectivity index (χ1n) is 4.43. The number of thioether (sulfide) groups is 1. The molecule has 0 radical (unpaired) electrons. The van der Waals surface area contributed by atoms with Crippen LogP contribution in [0.1, 0.15) is 11.1 Å². The van der Waals surface area contributed by atoms with Gasteiger partial charge < -0.3 is 5.11 Å². The van der Waals surface area contributed by atoms with Crippen LogP contribution in [-0.4, -0.2) is 17.0 Å². The predicted octanol–water partition coefficient (Wildman–Crippen LogP) is 3.28. The first-order valence-corrected chi connectivity index (χ1v) is 5.41. The highest BCUT2D eigenvalue weighted by Crippen LogP contribution is 2.30. The van der Waals surface area contributed by atoms with E-state index in [2.05, 4.69) is 0 Å². The Bertz CT molecular complexity index is 376. The zero-order valence-corrected chi connectivity index (χ0v) is 9.25. The highest BCUT2D eigenvalue weighted by molar-refractivity contribution is 7.99. The van der Waals surface area contributed by atoms with Crippen LogP contribution in [0.15, 0.2) is 17.0 Å². The second-order valence-electron chi connectivity index (χ2n) is 3.27. The number of aliphatic hydroxyl groups excluding tert-OH is 1. The molecule has 0 amide bonds. The minimum absolute atomic E-state index is 0.00951. The molecule has 0 fully saturated rings. The summed E-state index contributed by atoms with van der Waals surface area (Å²) in [5, 5.41) is 8.79. The summed E-state index contributed by atoms with van der Waals surface area (Å²) in [6, 6.07) is 2.38. The highest BCUT2D eigenvalue weighted by atomic mass is 32.2. The fourth-order valence-corrected chi connectivity index (χ4v) is 1.96. The van der Waals surface area contributed by atoms with Crippen LogP contribution in [-0.2, 0) is 6.61 Å². The maximum atomic E-state index is 13.1. The van der Waals surface area contributed by atoms with Gasteiger partial charge in [0.05, 0.1) is 12.4 Å². The molecule has 0 saturated carbocycles. The van der Waals surface area contributed by atoms with Crippen molar-refractivity contribution in [1.82, 2.24) is 0 Å². The van der Waals surface area contributed by atoms with Crippen LogP contribution in [0, 0.1) is 12.7 Å². The summed E-state index contributed by atoms with van der Waals surface area (Å²) in [5.41, 5.74) is 0.444. The molecule has 0 bridgehead atoms. The minimum atomic E-state index is -4.26. The van der Waals surface area contributed by atoms with E-state index in [0.29, 0.717) is 22.2 Å². The molecule has 1 aromatic carbocycles. The number of aryl methyl sites for hydroxylation is 1. The van der Waals surface area contributed by atoms with Crippen LogP contribution in [0.5, 0.6) is 0 Å². The maximum absolute atomic E-state index is 13.1. The highest BCUT2D eigenvalue weighted by Gasteiger charge is 2.27. The first-order chi connectivity index (χ1) is 7.33. The van der Waals surface area contributed by atoms with Gasteiger partial charge in [-0.05, 0) is 24.6 Å². The third-order valence-electron chi connectivity index (χ3n) is 1.91. The van der Waals surface area contributed by atoms with E-state index in [9.17, 15) is 17.6 Å². The van der Waals surface area contributed by atoms with E-state index in [1.807, 2.05) is 0 Å². The molecule has 90 valence electrons. The average molecular weight is 254 g/mol. The molecule has 0 spiro atoms. The molecule has 1 rings (SSSR count). The summed E-state index contributed by atoms with van der Waals surface area (Å²) >= 11 is 0.589. The number of halogens is 4. The van der Waals surface area contributed by atoms with Crippen LogP contribution in [0.3, 0.4) is 0 Å². The Morgan fingerprint density at radius 1 is 1.31 bits per heavy atom. The summed E-state index contributed by atoms with van der Waals surface area (Å²) in [5.74, 6) is -1.62. The molecule has 0 unspecified atom stereocenters. The minimum Gasteiger partial charge on any atom is -0.392 e. The fourth-order valence-electron chi connectivity index (χ4n) is 1.13. The Morgan fingerprint density at radius 3 is 2.44 bits per heavy atom. The van der Waals surface area contributed by atoms with Crippen LogP contribution < -0.4 is 0 Å². The molecular formula is C10H10F4OS. The molecule has 6 heteroatoms. The molecule has 16 heavy (non-hydrogen) atoms. The van der Waals surface area contributed by atoms with Gasteiger partial charge in [0.25, 0.3) is 0 Å². The van der Waals surface area contributed by atoms with Gasteiger partial charge >= 0.3 is 6.18 Å². The molecule has 1 N–H and O–H groups in total. The van der Waals surface area contributed by atoms with Crippen molar-refractivity contribution in [2.45, 2.75) is 24.6 Å². The molecule has 0 atom stereocenters. The number of alkyl halides is 3. The quantitative estimate of drug-likeness (QED) is 0.660. The van der Waals surface area contributed by atoms with E-state index in [0.717, 1.165) is 6.07 Å². The third-order valence-corrected chi connectivity index (χ3v) is 3.13. The molecule has 0 aliphatic carbocycles. The topological polar surface area (TPSA) is 20.2 Å². The van der Waals surface area contributed by atoms with E-state index < -0.39 is 24.4 Å². The summed E-state index contributed by atoms with van der Waals surface area (Å²) in [6.45, 7) is 1.01. The third kappa shape index (κ3) is 3.68. The van der Waals surface area contributed by atoms with Gasteiger partial charge in [0.15, 0.2) is 0 Å². The van der Waals surface area contributed by atoms with Crippen LogP contribution >= 0.6 is 11.8 Å². The Balaban J connectivity index is 2.88. The fraction of sp³-hybridized carbons (Fsp3) is 0.400. The molecule has 0 aromatic heterocycles. The van der Waals surface area contributed by atoms with E-state index in [1.165, 1.54) is 13.0 Å². The lowest BCUT2D eigenvalue weighted by molar-refractivity contribution is -0.105. The molecular weight excluding hydrogens is 244 g/mol.